The number of ether oxygens (including phenoxy) is 1. The van der Waals surface area contributed by atoms with Crippen LogP contribution in [0.3, 0.4) is 0 Å². The number of fused-ring (bicyclic) bond motifs is 1. The van der Waals surface area contributed by atoms with Crippen LogP contribution in [0.25, 0.3) is 16.0 Å². The van der Waals surface area contributed by atoms with Crippen LogP contribution in [-0.2, 0) is 14.3 Å². The van der Waals surface area contributed by atoms with Gasteiger partial charge in [-0.15, -0.1) is 0 Å². The van der Waals surface area contributed by atoms with Gasteiger partial charge in [-0.3, -0.25) is 14.5 Å². The molecule has 10 heteroatoms. The highest BCUT2D eigenvalue weighted by atomic mass is 35.5. The molecule has 3 aromatic carbocycles. The zero-order valence-electron chi connectivity index (χ0n) is 18.6. The summed E-state index contributed by atoms with van der Waals surface area (Å²) in [6, 6.07) is 16.7. The van der Waals surface area contributed by atoms with E-state index in [2.05, 4.69) is 4.98 Å². The van der Waals surface area contributed by atoms with E-state index in [9.17, 15) is 19.5 Å². The van der Waals surface area contributed by atoms with E-state index in [1.165, 1.54) is 35.5 Å². The number of methoxy groups -OCH3 is 1. The summed E-state index contributed by atoms with van der Waals surface area (Å²) in [4.78, 5) is 44.4. The summed E-state index contributed by atoms with van der Waals surface area (Å²) >= 11 is 13.3. The Bertz CT molecular complexity index is 1560. The first-order valence-corrected chi connectivity index (χ1v) is 12.2. The number of nitrogens with zero attached hydrogens (tertiary/aromatic N) is 2. The molecule has 0 aliphatic carbocycles. The maximum absolute atomic E-state index is 13.3. The lowest BCUT2D eigenvalue weighted by atomic mass is 9.95. The lowest BCUT2D eigenvalue weighted by Crippen LogP contribution is -2.29. The summed E-state index contributed by atoms with van der Waals surface area (Å²) in [5.74, 6) is -2.57. The average molecular weight is 539 g/mol. The Morgan fingerprint density at radius 1 is 0.972 bits per heavy atom. The predicted molar refractivity (Wildman–Crippen MR) is 139 cm³/mol. The fraction of sp³-hybridized carbons (Fsp3) is 0.0769. The molecule has 5 rings (SSSR count). The van der Waals surface area contributed by atoms with Crippen molar-refractivity contribution in [3.63, 3.8) is 0 Å². The summed E-state index contributed by atoms with van der Waals surface area (Å²) in [7, 11) is 1.27. The van der Waals surface area contributed by atoms with Gasteiger partial charge in [-0.05, 0) is 60.2 Å². The number of benzene rings is 3. The Kier molecular flexibility index (Phi) is 6.26. The molecule has 0 bridgehead atoms. The molecule has 1 aliphatic rings. The topological polar surface area (TPSA) is 96.8 Å². The third-order valence-electron chi connectivity index (χ3n) is 5.75. The average Bonchev–Trinajstić information content (AvgIpc) is 3.41. The maximum Gasteiger partial charge on any atom is 0.337 e. The van der Waals surface area contributed by atoms with Gasteiger partial charge in [0.2, 0.25) is 0 Å². The molecule has 7 nitrogen and oxygen atoms in total. The first kappa shape index (κ1) is 24.0. The Hall–Kier alpha value is -3.72. The second-order valence-electron chi connectivity index (χ2n) is 7.90. The quantitative estimate of drug-likeness (QED) is 0.148. The number of ketones is 1. The molecule has 36 heavy (non-hydrogen) atoms. The standard InChI is InChI=1S/C26H16Cl2N2O5S/c1-35-25(34)15-4-2-13(3-5-15)21-20(22(31)14-6-8-16(27)9-7-14)23(32)24(33)30(21)26-29-18-11-10-17(28)12-19(18)36-26/h2-12,21,31H,1H3/b22-20+. The Morgan fingerprint density at radius 2 is 1.61 bits per heavy atom. The van der Waals surface area contributed by atoms with Crippen molar-refractivity contribution in [2.45, 2.75) is 6.04 Å². The molecule has 180 valence electrons. The highest BCUT2D eigenvalue weighted by Gasteiger charge is 2.48. The highest BCUT2D eigenvalue weighted by molar-refractivity contribution is 7.22. The summed E-state index contributed by atoms with van der Waals surface area (Å²) in [5, 5.41) is 12.4. The third-order valence-corrected chi connectivity index (χ3v) is 7.26. The minimum absolute atomic E-state index is 0.106. The molecule has 1 fully saturated rings. The van der Waals surface area contributed by atoms with Gasteiger partial charge in [-0.2, -0.15) is 0 Å². The molecule has 1 aliphatic heterocycles. The van der Waals surface area contributed by atoms with Crippen molar-refractivity contribution in [1.82, 2.24) is 4.98 Å². The van der Waals surface area contributed by atoms with Gasteiger partial charge in [-0.1, -0.05) is 46.7 Å². The van der Waals surface area contributed by atoms with Crippen LogP contribution in [0.4, 0.5) is 5.13 Å². The first-order chi connectivity index (χ1) is 17.3. The summed E-state index contributed by atoms with van der Waals surface area (Å²) in [6.45, 7) is 0. The number of aliphatic hydroxyl groups is 1. The Morgan fingerprint density at radius 3 is 2.28 bits per heavy atom. The molecule has 4 aromatic rings. The number of aromatic nitrogens is 1. The number of Topliss-reactive ketones (excluding diaryl/α,β-unsaturated/α-hetero) is 1. The molecule has 1 amide bonds. The SMILES string of the molecule is COC(=O)c1ccc(C2/C(=C(\O)c3ccc(Cl)cc3)C(=O)C(=O)N2c2nc3ccc(Cl)cc3s2)cc1. The molecule has 1 N–H and O–H groups in total. The van der Waals surface area contributed by atoms with Crippen LogP contribution in [0, 0.1) is 0 Å². The summed E-state index contributed by atoms with van der Waals surface area (Å²) < 4.78 is 5.49. The molecule has 1 aromatic heterocycles. The van der Waals surface area contributed by atoms with Crippen LogP contribution < -0.4 is 4.90 Å². The van der Waals surface area contributed by atoms with Crippen molar-refractivity contribution in [1.29, 1.82) is 0 Å². The van der Waals surface area contributed by atoms with Crippen LogP contribution in [-0.4, -0.2) is 34.9 Å². The molecular formula is C26H16Cl2N2O5S. The minimum atomic E-state index is -0.997. The lowest BCUT2D eigenvalue weighted by Gasteiger charge is -2.23. The van der Waals surface area contributed by atoms with E-state index in [-0.39, 0.29) is 16.5 Å². The number of amides is 1. The number of anilines is 1. The Balaban J connectivity index is 1.70. The van der Waals surface area contributed by atoms with Crippen LogP contribution in [0.1, 0.15) is 27.5 Å². The zero-order valence-corrected chi connectivity index (χ0v) is 20.9. The number of carbonyl (C=O) groups is 3. The predicted octanol–water partition coefficient (Wildman–Crippen LogP) is 6.02. The number of thiazole rings is 1. The summed E-state index contributed by atoms with van der Waals surface area (Å²) in [6.07, 6.45) is 0. The molecule has 1 atom stereocenters. The van der Waals surface area contributed by atoms with Gasteiger partial charge < -0.3 is 9.84 Å². The number of hydrogen-bond donors (Lipinski definition) is 1. The van der Waals surface area contributed by atoms with E-state index in [1.54, 1.807) is 54.6 Å². The van der Waals surface area contributed by atoms with Crippen LogP contribution >= 0.6 is 34.5 Å². The highest BCUT2D eigenvalue weighted by Crippen LogP contribution is 2.44. The van der Waals surface area contributed by atoms with E-state index < -0.39 is 23.7 Å². The van der Waals surface area contributed by atoms with Crippen LogP contribution in [0.5, 0.6) is 0 Å². The van der Waals surface area contributed by atoms with Crippen molar-refractivity contribution in [3.8, 4) is 0 Å². The van der Waals surface area contributed by atoms with Crippen LogP contribution in [0.2, 0.25) is 10.0 Å². The smallest absolute Gasteiger partial charge is 0.337 e. The normalized spacial score (nSPS) is 17.1. The molecule has 1 saturated heterocycles. The molecule has 0 radical (unpaired) electrons. The van der Waals surface area contributed by atoms with Gasteiger partial charge in [-0.25, -0.2) is 9.78 Å². The van der Waals surface area contributed by atoms with Gasteiger partial charge in [0.05, 0.1) is 34.5 Å². The van der Waals surface area contributed by atoms with Gasteiger partial charge >= 0.3 is 11.9 Å². The van der Waals surface area contributed by atoms with E-state index in [4.69, 9.17) is 27.9 Å². The van der Waals surface area contributed by atoms with E-state index in [0.717, 1.165) is 4.70 Å². The summed E-state index contributed by atoms with van der Waals surface area (Å²) in [5.41, 5.74) is 1.62. The third kappa shape index (κ3) is 4.13. The van der Waals surface area contributed by atoms with Crippen LogP contribution in [0.15, 0.2) is 72.3 Å². The number of rotatable bonds is 4. The maximum atomic E-state index is 13.3. The number of hydrogen-bond acceptors (Lipinski definition) is 7. The number of carbonyl (C=O) groups excluding carboxylic acids is 3. The second-order valence-corrected chi connectivity index (χ2v) is 9.78. The molecule has 2 heterocycles. The van der Waals surface area contributed by atoms with Crippen molar-refractivity contribution in [3.05, 3.63) is 99.0 Å². The monoisotopic (exact) mass is 538 g/mol. The van der Waals surface area contributed by atoms with E-state index >= 15 is 0 Å². The Labute approximate surface area is 219 Å². The minimum Gasteiger partial charge on any atom is -0.507 e. The van der Waals surface area contributed by atoms with Gasteiger partial charge in [0.25, 0.3) is 5.78 Å². The molecular weight excluding hydrogens is 523 g/mol. The zero-order chi connectivity index (χ0) is 25.6. The van der Waals surface area contributed by atoms with Gasteiger partial charge in [0.15, 0.2) is 5.13 Å². The first-order valence-electron chi connectivity index (χ1n) is 10.6. The van der Waals surface area contributed by atoms with E-state index in [1.807, 2.05) is 0 Å². The fourth-order valence-corrected chi connectivity index (χ4v) is 5.41. The molecule has 1 unspecified atom stereocenters. The number of aliphatic hydroxyl groups excluding tert-OH is 1. The molecule has 0 spiro atoms. The van der Waals surface area contributed by atoms with Crippen molar-refractivity contribution < 1.29 is 24.2 Å². The second kappa shape index (κ2) is 9.39. The number of halogens is 2. The lowest BCUT2D eigenvalue weighted by molar-refractivity contribution is -0.132. The van der Waals surface area contributed by atoms with Crippen molar-refractivity contribution >= 4 is 73.3 Å². The molecule has 0 saturated carbocycles. The fourth-order valence-electron chi connectivity index (χ4n) is 4.02. The van der Waals surface area contributed by atoms with E-state index in [0.29, 0.717) is 32.3 Å². The van der Waals surface area contributed by atoms with Gasteiger partial charge in [0.1, 0.15) is 5.76 Å². The van der Waals surface area contributed by atoms with Gasteiger partial charge in [0, 0.05) is 15.6 Å². The van der Waals surface area contributed by atoms with Crippen molar-refractivity contribution in [2.24, 2.45) is 0 Å². The largest absolute Gasteiger partial charge is 0.507 e. The van der Waals surface area contributed by atoms with Crippen molar-refractivity contribution in [2.75, 3.05) is 12.0 Å². The number of esters is 1.